The number of hydrogen-bond acceptors (Lipinski definition) is 6. The molecule has 0 aliphatic carbocycles. The average molecular weight is 366 g/mol. The number of nitrogens with zero attached hydrogens (tertiary/aromatic N) is 4. The van der Waals surface area contributed by atoms with E-state index in [2.05, 4.69) is 21.6 Å². The van der Waals surface area contributed by atoms with Gasteiger partial charge < -0.3 is 10.7 Å². The maximum atomic E-state index is 12.8. The Morgan fingerprint density at radius 1 is 1.42 bits per heavy atom. The average Bonchev–Trinajstić information content (AvgIpc) is 3.12. The first-order valence-corrected chi connectivity index (χ1v) is 9.75. The van der Waals surface area contributed by atoms with E-state index in [1.165, 1.54) is 26.9 Å². The third-order valence-corrected chi connectivity index (χ3v) is 6.15. The summed E-state index contributed by atoms with van der Waals surface area (Å²) in [4.78, 5) is 16.1. The zero-order chi connectivity index (χ0) is 17.5. The van der Waals surface area contributed by atoms with Crippen LogP contribution in [0.25, 0.3) is 0 Å². The van der Waals surface area contributed by atoms with E-state index in [4.69, 9.17) is 5.84 Å². The van der Waals surface area contributed by atoms with Crippen molar-refractivity contribution in [3.63, 3.8) is 0 Å². The number of hydrogen-bond donors (Lipinski definition) is 1. The summed E-state index contributed by atoms with van der Waals surface area (Å²) in [6, 6.07) is 2.11. The number of nitrogens with two attached hydrogens (primary N) is 1. The van der Waals surface area contributed by atoms with Gasteiger partial charge in [0.05, 0.1) is 5.25 Å². The number of carbonyl (C=O) groups excluding carboxylic acids is 1. The third kappa shape index (κ3) is 3.30. The van der Waals surface area contributed by atoms with Gasteiger partial charge >= 0.3 is 0 Å². The maximum Gasteiger partial charge on any atom is 0.236 e. The van der Waals surface area contributed by atoms with Gasteiger partial charge in [0, 0.05) is 23.4 Å². The Bertz CT molecular complexity index is 746. The molecule has 0 saturated heterocycles. The van der Waals surface area contributed by atoms with Crippen molar-refractivity contribution >= 4 is 29.0 Å². The lowest BCUT2D eigenvalue weighted by Crippen LogP contribution is -2.39. The minimum Gasteiger partial charge on any atom is -0.337 e. The second-order valence-corrected chi connectivity index (χ2v) is 9.37. The van der Waals surface area contributed by atoms with Gasteiger partial charge in [0.15, 0.2) is 5.82 Å². The van der Waals surface area contributed by atoms with Crippen LogP contribution in [0.4, 0.5) is 0 Å². The molecule has 0 saturated carbocycles. The fourth-order valence-electron chi connectivity index (χ4n) is 2.77. The van der Waals surface area contributed by atoms with Crippen LogP contribution in [0, 0.1) is 0 Å². The second kappa shape index (κ2) is 6.40. The Morgan fingerprint density at radius 3 is 2.83 bits per heavy atom. The lowest BCUT2D eigenvalue weighted by Gasteiger charge is -2.29. The van der Waals surface area contributed by atoms with Gasteiger partial charge in [0.1, 0.15) is 0 Å². The molecule has 1 unspecified atom stereocenters. The van der Waals surface area contributed by atoms with Crippen molar-refractivity contribution < 1.29 is 4.79 Å². The Balaban J connectivity index is 1.68. The molecule has 2 N–H and O–H groups in total. The third-order valence-electron chi connectivity index (χ3n) is 4.08. The van der Waals surface area contributed by atoms with Crippen LogP contribution < -0.4 is 5.84 Å². The first-order valence-electron chi connectivity index (χ1n) is 7.99. The van der Waals surface area contributed by atoms with E-state index in [1.807, 2.05) is 32.6 Å². The van der Waals surface area contributed by atoms with Gasteiger partial charge in [-0.15, -0.1) is 21.5 Å². The van der Waals surface area contributed by atoms with E-state index in [1.54, 1.807) is 11.3 Å². The van der Waals surface area contributed by atoms with Crippen LogP contribution in [0.3, 0.4) is 0 Å². The molecule has 0 bridgehead atoms. The Morgan fingerprint density at radius 2 is 2.17 bits per heavy atom. The standard InChI is InChI=1S/C16H23N5OS2/c1-10(24-15-19-18-14(21(15)17)16(2,3)4)13(22)20-7-5-12-11(9-20)6-8-23-12/h6,8,10H,5,7,9,17H2,1-4H3. The molecule has 8 heteroatoms. The van der Waals surface area contributed by atoms with Crippen molar-refractivity contribution in [2.45, 2.75) is 56.5 Å². The number of carbonyl (C=O) groups is 1. The molecule has 3 rings (SSSR count). The van der Waals surface area contributed by atoms with Crippen LogP contribution in [0.1, 0.15) is 44.0 Å². The molecule has 0 radical (unpaired) electrons. The summed E-state index contributed by atoms with van der Waals surface area (Å²) in [6.07, 6.45) is 0.942. The molecular formula is C16H23N5OS2. The number of amides is 1. The minimum atomic E-state index is -0.246. The largest absolute Gasteiger partial charge is 0.337 e. The molecular weight excluding hydrogens is 342 g/mol. The van der Waals surface area contributed by atoms with Gasteiger partial charge in [-0.2, -0.15) is 0 Å². The van der Waals surface area contributed by atoms with E-state index in [0.29, 0.717) is 17.5 Å². The first-order chi connectivity index (χ1) is 11.3. The number of nitrogen functional groups attached to an aromatic ring is 1. The highest BCUT2D eigenvalue weighted by atomic mass is 32.2. The molecule has 0 spiro atoms. The predicted molar refractivity (Wildman–Crippen MR) is 97.6 cm³/mol. The molecule has 2 aromatic rings. The van der Waals surface area contributed by atoms with Gasteiger partial charge in [-0.3, -0.25) is 4.79 Å². The Labute approximate surface area is 150 Å². The van der Waals surface area contributed by atoms with E-state index in [-0.39, 0.29) is 16.6 Å². The molecule has 0 aromatic carbocycles. The highest BCUT2D eigenvalue weighted by Gasteiger charge is 2.29. The number of thioether (sulfide) groups is 1. The number of aromatic nitrogens is 3. The van der Waals surface area contributed by atoms with Crippen molar-refractivity contribution in [2.75, 3.05) is 12.4 Å². The predicted octanol–water partition coefficient (Wildman–Crippen LogP) is 2.42. The van der Waals surface area contributed by atoms with E-state index >= 15 is 0 Å². The van der Waals surface area contributed by atoms with Gasteiger partial charge in [0.25, 0.3) is 0 Å². The van der Waals surface area contributed by atoms with Crippen LogP contribution in [-0.2, 0) is 23.2 Å². The Hall–Kier alpha value is -1.54. The topological polar surface area (TPSA) is 77.0 Å². The lowest BCUT2D eigenvalue weighted by atomic mass is 9.96. The highest BCUT2D eigenvalue weighted by molar-refractivity contribution is 8.00. The summed E-state index contributed by atoms with van der Waals surface area (Å²) in [5, 5.41) is 10.8. The van der Waals surface area contributed by atoms with Crippen molar-refractivity contribution in [3.05, 3.63) is 27.7 Å². The molecule has 3 heterocycles. The van der Waals surface area contributed by atoms with Crippen LogP contribution in [-0.4, -0.2) is 37.5 Å². The molecule has 1 aliphatic rings. The van der Waals surface area contributed by atoms with Crippen molar-refractivity contribution in [2.24, 2.45) is 0 Å². The molecule has 6 nitrogen and oxygen atoms in total. The monoisotopic (exact) mass is 365 g/mol. The summed E-state index contributed by atoms with van der Waals surface area (Å²) < 4.78 is 1.50. The summed E-state index contributed by atoms with van der Waals surface area (Å²) in [5.74, 6) is 6.95. The maximum absolute atomic E-state index is 12.8. The van der Waals surface area contributed by atoms with Gasteiger partial charge in [0.2, 0.25) is 11.1 Å². The first kappa shape index (κ1) is 17.3. The van der Waals surface area contributed by atoms with Crippen molar-refractivity contribution in [1.29, 1.82) is 0 Å². The number of rotatable bonds is 3. The zero-order valence-corrected chi connectivity index (χ0v) is 16.1. The number of fused-ring (bicyclic) bond motifs is 1. The van der Waals surface area contributed by atoms with Crippen molar-refractivity contribution in [3.8, 4) is 0 Å². The van der Waals surface area contributed by atoms with Gasteiger partial charge in [-0.05, 0) is 30.4 Å². The van der Waals surface area contributed by atoms with Gasteiger partial charge in [-0.1, -0.05) is 32.5 Å². The number of thiophene rings is 1. The quantitative estimate of drug-likeness (QED) is 0.668. The van der Waals surface area contributed by atoms with Gasteiger partial charge in [-0.25, -0.2) is 4.68 Å². The van der Waals surface area contributed by atoms with Crippen LogP contribution in [0.15, 0.2) is 16.6 Å². The summed E-state index contributed by atoms with van der Waals surface area (Å²) in [6.45, 7) is 9.49. The molecule has 2 aromatic heterocycles. The SMILES string of the molecule is CC(Sc1nnc(C(C)(C)C)n1N)C(=O)N1CCc2sccc2C1. The fraction of sp³-hybridized carbons (Fsp3) is 0.562. The van der Waals surface area contributed by atoms with E-state index < -0.39 is 0 Å². The highest BCUT2D eigenvalue weighted by Crippen LogP contribution is 2.29. The fourth-order valence-corrected chi connectivity index (χ4v) is 4.51. The molecule has 1 aliphatic heterocycles. The molecule has 0 fully saturated rings. The van der Waals surface area contributed by atoms with Crippen LogP contribution in [0.2, 0.25) is 0 Å². The summed E-state index contributed by atoms with van der Waals surface area (Å²) >= 11 is 3.14. The smallest absolute Gasteiger partial charge is 0.236 e. The Kier molecular flexibility index (Phi) is 4.61. The molecule has 24 heavy (non-hydrogen) atoms. The molecule has 1 atom stereocenters. The second-order valence-electron chi connectivity index (χ2n) is 7.07. The van der Waals surface area contributed by atoms with E-state index in [9.17, 15) is 4.79 Å². The molecule has 130 valence electrons. The van der Waals surface area contributed by atoms with E-state index in [0.717, 1.165) is 13.0 Å². The summed E-state index contributed by atoms with van der Waals surface area (Å²) in [7, 11) is 0. The minimum absolute atomic E-state index is 0.122. The lowest BCUT2D eigenvalue weighted by molar-refractivity contribution is -0.131. The van der Waals surface area contributed by atoms with Crippen LogP contribution >= 0.6 is 23.1 Å². The normalized spacial score (nSPS) is 16.1. The van der Waals surface area contributed by atoms with Crippen LogP contribution in [0.5, 0.6) is 0 Å². The molecule has 1 amide bonds. The van der Waals surface area contributed by atoms with Crippen molar-refractivity contribution in [1.82, 2.24) is 19.8 Å². The summed E-state index contributed by atoms with van der Waals surface area (Å²) in [5.41, 5.74) is 1.09. The zero-order valence-electron chi connectivity index (χ0n) is 14.4.